The molecule has 0 aliphatic heterocycles. The van der Waals surface area contributed by atoms with Gasteiger partial charge in [0.05, 0.1) is 5.60 Å². The zero-order valence-electron chi connectivity index (χ0n) is 18.1. The first-order valence-electron chi connectivity index (χ1n) is 9.87. The summed E-state index contributed by atoms with van der Waals surface area (Å²) < 4.78 is 13.4. The quantitative estimate of drug-likeness (QED) is 0.465. The van der Waals surface area contributed by atoms with Crippen molar-refractivity contribution in [1.29, 1.82) is 0 Å². The molecular formula is C21H47FO. The minimum absolute atomic E-state index is 0.294. The first-order valence-corrected chi connectivity index (χ1v) is 9.87. The zero-order valence-corrected chi connectivity index (χ0v) is 18.1. The molecule has 3 atom stereocenters. The van der Waals surface area contributed by atoms with Crippen LogP contribution in [0.15, 0.2) is 0 Å². The Balaban J connectivity index is -0.000000919. The number of aliphatic hydroxyl groups is 1. The average Bonchev–Trinajstić information content (AvgIpc) is 2.47. The predicted molar refractivity (Wildman–Crippen MR) is 105 cm³/mol. The van der Waals surface area contributed by atoms with Crippen molar-refractivity contribution < 1.29 is 9.50 Å². The molecule has 0 radical (unpaired) electrons. The van der Waals surface area contributed by atoms with E-state index < -0.39 is 11.3 Å². The van der Waals surface area contributed by atoms with E-state index in [4.69, 9.17) is 0 Å². The SMILES string of the molecule is CC.CC.CC(CCCC(C)(C)F)C(C)CCC(C)(O)C(C)C. The van der Waals surface area contributed by atoms with Crippen molar-refractivity contribution in [2.75, 3.05) is 0 Å². The lowest BCUT2D eigenvalue weighted by molar-refractivity contribution is -0.00158. The highest BCUT2D eigenvalue weighted by molar-refractivity contribution is 4.78. The van der Waals surface area contributed by atoms with Crippen LogP contribution in [0.2, 0.25) is 0 Å². The second kappa shape index (κ2) is 14.3. The molecule has 0 saturated carbocycles. The van der Waals surface area contributed by atoms with Crippen LogP contribution in [-0.2, 0) is 0 Å². The summed E-state index contributed by atoms with van der Waals surface area (Å²) in [7, 11) is 0. The number of alkyl halides is 1. The Morgan fingerprint density at radius 2 is 1.17 bits per heavy atom. The first kappa shape index (κ1) is 27.7. The lowest BCUT2D eigenvalue weighted by Crippen LogP contribution is -2.31. The summed E-state index contributed by atoms with van der Waals surface area (Å²) in [5.41, 5.74) is -1.60. The summed E-state index contributed by atoms with van der Waals surface area (Å²) >= 11 is 0. The zero-order chi connectivity index (χ0) is 19.3. The number of rotatable bonds is 9. The van der Waals surface area contributed by atoms with Crippen LogP contribution < -0.4 is 0 Å². The Bertz CT molecular complexity index is 241. The van der Waals surface area contributed by atoms with Gasteiger partial charge < -0.3 is 5.11 Å². The highest BCUT2D eigenvalue weighted by Gasteiger charge is 2.26. The Morgan fingerprint density at radius 1 is 0.783 bits per heavy atom. The molecule has 0 aromatic heterocycles. The van der Waals surface area contributed by atoms with Crippen molar-refractivity contribution >= 4 is 0 Å². The van der Waals surface area contributed by atoms with Gasteiger partial charge in [0, 0.05) is 0 Å². The van der Waals surface area contributed by atoms with E-state index in [-0.39, 0.29) is 0 Å². The van der Waals surface area contributed by atoms with Crippen LogP contribution in [0.4, 0.5) is 4.39 Å². The molecule has 3 unspecified atom stereocenters. The summed E-state index contributed by atoms with van der Waals surface area (Å²) in [6.07, 6.45) is 4.58. The van der Waals surface area contributed by atoms with Crippen molar-refractivity contribution in [2.45, 2.75) is 120 Å². The van der Waals surface area contributed by atoms with Gasteiger partial charge in [-0.2, -0.15) is 0 Å². The molecule has 0 fully saturated rings. The van der Waals surface area contributed by atoms with E-state index in [9.17, 15) is 9.50 Å². The highest BCUT2D eigenvalue weighted by Crippen LogP contribution is 2.29. The van der Waals surface area contributed by atoms with Gasteiger partial charge in [0.15, 0.2) is 0 Å². The van der Waals surface area contributed by atoms with Crippen LogP contribution in [0, 0.1) is 17.8 Å². The van der Waals surface area contributed by atoms with Gasteiger partial charge in [-0.05, 0) is 57.8 Å². The van der Waals surface area contributed by atoms with E-state index in [1.165, 1.54) is 0 Å². The molecule has 0 aromatic rings. The molecule has 144 valence electrons. The Morgan fingerprint density at radius 3 is 1.52 bits per heavy atom. The van der Waals surface area contributed by atoms with Gasteiger partial charge in [0.1, 0.15) is 5.67 Å². The first-order chi connectivity index (χ1) is 10.5. The van der Waals surface area contributed by atoms with Gasteiger partial charge in [-0.1, -0.05) is 68.2 Å². The standard InChI is InChI=1S/C17H35FO.2C2H6/c1-13(2)17(7,19)12-10-15(4)14(3)9-8-11-16(5,6)18;2*1-2/h13-15,19H,8-12H2,1-7H3;2*1-2H3. The van der Waals surface area contributed by atoms with Crippen LogP contribution >= 0.6 is 0 Å². The fourth-order valence-corrected chi connectivity index (χ4v) is 2.22. The van der Waals surface area contributed by atoms with Crippen LogP contribution in [0.3, 0.4) is 0 Å². The second-order valence-corrected chi connectivity index (χ2v) is 7.62. The molecule has 0 aliphatic carbocycles. The topological polar surface area (TPSA) is 20.2 Å². The molecule has 0 aromatic carbocycles. The van der Waals surface area contributed by atoms with Gasteiger partial charge in [0.25, 0.3) is 0 Å². The largest absolute Gasteiger partial charge is 0.390 e. The van der Waals surface area contributed by atoms with E-state index in [0.29, 0.717) is 24.2 Å². The summed E-state index contributed by atoms with van der Waals surface area (Å²) in [6.45, 7) is 21.9. The molecule has 1 nitrogen and oxygen atoms in total. The molecule has 0 amide bonds. The van der Waals surface area contributed by atoms with Crippen LogP contribution in [0.5, 0.6) is 0 Å². The van der Waals surface area contributed by atoms with Crippen molar-refractivity contribution in [2.24, 2.45) is 17.8 Å². The van der Waals surface area contributed by atoms with E-state index in [0.717, 1.165) is 25.7 Å². The molecule has 0 rings (SSSR count). The van der Waals surface area contributed by atoms with E-state index in [1.54, 1.807) is 13.8 Å². The maximum atomic E-state index is 13.4. The van der Waals surface area contributed by atoms with E-state index in [2.05, 4.69) is 27.7 Å². The van der Waals surface area contributed by atoms with Crippen molar-refractivity contribution in [1.82, 2.24) is 0 Å². The van der Waals surface area contributed by atoms with Crippen LogP contribution in [-0.4, -0.2) is 16.4 Å². The van der Waals surface area contributed by atoms with Gasteiger partial charge in [-0.25, -0.2) is 4.39 Å². The molecule has 0 spiro atoms. The molecule has 1 N–H and O–H groups in total. The summed E-state index contributed by atoms with van der Waals surface area (Å²) in [6, 6.07) is 0. The maximum Gasteiger partial charge on any atom is 0.105 e. The normalized spacial score (nSPS) is 16.4. The lowest BCUT2D eigenvalue weighted by atomic mass is 9.81. The van der Waals surface area contributed by atoms with Crippen LogP contribution in [0.1, 0.15) is 108 Å². The van der Waals surface area contributed by atoms with Crippen molar-refractivity contribution in [3.8, 4) is 0 Å². The van der Waals surface area contributed by atoms with Crippen molar-refractivity contribution in [3.05, 3.63) is 0 Å². The fraction of sp³-hybridized carbons (Fsp3) is 1.00. The molecular weight excluding hydrogens is 287 g/mol. The molecule has 0 aliphatic rings. The third-order valence-electron chi connectivity index (χ3n) is 4.75. The number of hydrogen-bond acceptors (Lipinski definition) is 1. The molecule has 0 saturated heterocycles. The monoisotopic (exact) mass is 334 g/mol. The van der Waals surface area contributed by atoms with Gasteiger partial charge in [0.2, 0.25) is 0 Å². The van der Waals surface area contributed by atoms with Gasteiger partial charge >= 0.3 is 0 Å². The Labute approximate surface area is 147 Å². The summed E-state index contributed by atoms with van der Waals surface area (Å²) in [5.74, 6) is 1.49. The van der Waals surface area contributed by atoms with E-state index >= 15 is 0 Å². The number of hydrogen-bond donors (Lipinski definition) is 1. The maximum absolute atomic E-state index is 13.4. The third kappa shape index (κ3) is 16.5. The predicted octanol–water partition coefficient (Wildman–Crippen LogP) is 7.42. The molecule has 2 heteroatoms. The fourth-order valence-electron chi connectivity index (χ4n) is 2.22. The molecule has 23 heavy (non-hydrogen) atoms. The third-order valence-corrected chi connectivity index (χ3v) is 4.75. The number of halogens is 1. The Hall–Kier alpha value is -0.110. The average molecular weight is 335 g/mol. The second-order valence-electron chi connectivity index (χ2n) is 7.62. The van der Waals surface area contributed by atoms with E-state index in [1.807, 2.05) is 34.6 Å². The Kier molecular flexibility index (Phi) is 17.2. The van der Waals surface area contributed by atoms with Crippen molar-refractivity contribution in [3.63, 3.8) is 0 Å². The van der Waals surface area contributed by atoms with Gasteiger partial charge in [-0.3, -0.25) is 0 Å². The lowest BCUT2D eigenvalue weighted by Gasteiger charge is -2.30. The molecule has 0 heterocycles. The highest BCUT2D eigenvalue weighted by atomic mass is 19.1. The minimum Gasteiger partial charge on any atom is -0.390 e. The van der Waals surface area contributed by atoms with Gasteiger partial charge in [-0.15, -0.1) is 0 Å². The summed E-state index contributed by atoms with van der Waals surface area (Å²) in [4.78, 5) is 0. The molecule has 0 bridgehead atoms. The smallest absolute Gasteiger partial charge is 0.105 e. The minimum atomic E-state index is -1.04. The van der Waals surface area contributed by atoms with Crippen LogP contribution in [0.25, 0.3) is 0 Å². The summed E-state index contributed by atoms with van der Waals surface area (Å²) in [5, 5.41) is 10.3.